The number of rotatable bonds is 4. The molecule has 0 saturated carbocycles. The lowest BCUT2D eigenvalue weighted by molar-refractivity contribution is -0.137. The second kappa shape index (κ2) is 6.91. The van der Waals surface area contributed by atoms with Crippen molar-refractivity contribution in [2.24, 2.45) is 0 Å². The number of halogens is 4. The van der Waals surface area contributed by atoms with Crippen molar-refractivity contribution >= 4 is 23.2 Å². The number of para-hydroxylation sites is 1. The number of hydrogen-bond donors (Lipinski definition) is 1. The summed E-state index contributed by atoms with van der Waals surface area (Å²) in [7, 11) is 0. The van der Waals surface area contributed by atoms with Crippen LogP contribution < -0.4 is 10.1 Å². The van der Waals surface area contributed by atoms with Crippen LogP contribution in [0.2, 0.25) is 5.02 Å². The fraction of sp³-hybridized carbons (Fsp3) is 0.188. The third kappa shape index (κ3) is 4.63. The molecule has 0 radical (unpaired) electrons. The summed E-state index contributed by atoms with van der Waals surface area (Å²) >= 11 is 5.93. The van der Waals surface area contributed by atoms with Gasteiger partial charge in [-0.25, -0.2) is 0 Å². The summed E-state index contributed by atoms with van der Waals surface area (Å²) in [5.41, 5.74) is -0.534. The van der Waals surface area contributed by atoms with Gasteiger partial charge in [-0.3, -0.25) is 4.79 Å². The first-order valence-electron chi connectivity index (χ1n) is 6.66. The smallest absolute Gasteiger partial charge is 0.416 e. The Hall–Kier alpha value is -2.21. The lowest BCUT2D eigenvalue weighted by Gasteiger charge is -2.16. The molecule has 0 saturated heterocycles. The van der Waals surface area contributed by atoms with Crippen LogP contribution in [0.15, 0.2) is 48.5 Å². The summed E-state index contributed by atoms with van der Waals surface area (Å²) in [4.78, 5) is 12.0. The number of hydrogen-bond acceptors (Lipinski definition) is 2. The van der Waals surface area contributed by atoms with Gasteiger partial charge in [0.05, 0.1) is 10.6 Å². The first-order valence-corrected chi connectivity index (χ1v) is 7.04. The van der Waals surface area contributed by atoms with E-state index < -0.39 is 23.8 Å². The Morgan fingerprint density at radius 2 is 1.74 bits per heavy atom. The van der Waals surface area contributed by atoms with Gasteiger partial charge in [-0.2, -0.15) is 13.2 Å². The highest BCUT2D eigenvalue weighted by Gasteiger charge is 2.30. The van der Waals surface area contributed by atoms with E-state index in [1.807, 2.05) is 0 Å². The number of carbonyl (C=O) groups excluding carboxylic acids is 1. The SMILES string of the molecule is C[C@H](Oc1ccccc1Cl)C(=O)Nc1ccc(C(F)(F)F)cc1. The van der Waals surface area contributed by atoms with Crippen molar-refractivity contribution in [3.8, 4) is 5.75 Å². The molecule has 0 heterocycles. The zero-order chi connectivity index (χ0) is 17.0. The van der Waals surface area contributed by atoms with E-state index in [-0.39, 0.29) is 5.69 Å². The molecular weight excluding hydrogens is 331 g/mol. The molecule has 122 valence electrons. The van der Waals surface area contributed by atoms with Crippen LogP contribution in [0.4, 0.5) is 18.9 Å². The van der Waals surface area contributed by atoms with Crippen LogP contribution in [-0.2, 0) is 11.0 Å². The standard InChI is InChI=1S/C16H13ClF3NO2/c1-10(23-14-5-3-2-4-13(14)17)15(22)21-12-8-6-11(7-9-12)16(18,19)20/h2-10H,1H3,(H,21,22)/t10-/m0/s1. The maximum Gasteiger partial charge on any atom is 0.416 e. The topological polar surface area (TPSA) is 38.3 Å². The fourth-order valence-corrected chi connectivity index (χ4v) is 1.95. The Bertz CT molecular complexity index is 686. The van der Waals surface area contributed by atoms with Crippen LogP contribution in [0, 0.1) is 0 Å². The summed E-state index contributed by atoms with van der Waals surface area (Å²) in [5, 5.41) is 2.85. The highest BCUT2D eigenvalue weighted by molar-refractivity contribution is 6.32. The van der Waals surface area contributed by atoms with E-state index in [1.165, 1.54) is 19.1 Å². The van der Waals surface area contributed by atoms with Crippen molar-refractivity contribution in [3.63, 3.8) is 0 Å². The number of amides is 1. The Morgan fingerprint density at radius 3 is 2.30 bits per heavy atom. The first-order chi connectivity index (χ1) is 10.8. The minimum Gasteiger partial charge on any atom is -0.479 e. The molecule has 0 aliphatic rings. The van der Waals surface area contributed by atoms with Crippen LogP contribution in [-0.4, -0.2) is 12.0 Å². The average Bonchev–Trinajstić information content (AvgIpc) is 2.49. The van der Waals surface area contributed by atoms with Gasteiger partial charge in [0.25, 0.3) is 5.91 Å². The fourth-order valence-electron chi connectivity index (χ4n) is 1.77. The zero-order valence-electron chi connectivity index (χ0n) is 12.0. The number of nitrogens with one attached hydrogen (secondary N) is 1. The normalized spacial score (nSPS) is 12.6. The molecule has 0 aromatic heterocycles. The van der Waals surface area contributed by atoms with Crippen LogP contribution in [0.1, 0.15) is 12.5 Å². The van der Waals surface area contributed by atoms with Gasteiger partial charge >= 0.3 is 6.18 Å². The molecule has 0 bridgehead atoms. The van der Waals surface area contributed by atoms with E-state index in [2.05, 4.69) is 5.32 Å². The van der Waals surface area contributed by atoms with Crippen LogP contribution in [0.5, 0.6) is 5.75 Å². The predicted molar refractivity (Wildman–Crippen MR) is 81.6 cm³/mol. The number of carbonyl (C=O) groups is 1. The molecule has 1 amide bonds. The third-order valence-electron chi connectivity index (χ3n) is 2.99. The average molecular weight is 344 g/mol. The summed E-state index contributed by atoms with van der Waals surface area (Å²) in [6, 6.07) is 10.8. The van der Waals surface area contributed by atoms with E-state index in [1.54, 1.807) is 24.3 Å². The van der Waals surface area contributed by atoms with E-state index in [0.29, 0.717) is 10.8 Å². The van der Waals surface area contributed by atoms with Crippen molar-refractivity contribution in [3.05, 3.63) is 59.1 Å². The Morgan fingerprint density at radius 1 is 1.13 bits per heavy atom. The molecule has 23 heavy (non-hydrogen) atoms. The summed E-state index contributed by atoms with van der Waals surface area (Å²) in [6.45, 7) is 1.52. The van der Waals surface area contributed by atoms with Gasteiger partial charge < -0.3 is 10.1 Å². The van der Waals surface area contributed by atoms with Crippen LogP contribution in [0.3, 0.4) is 0 Å². The van der Waals surface area contributed by atoms with Crippen LogP contribution >= 0.6 is 11.6 Å². The van der Waals surface area contributed by atoms with E-state index in [9.17, 15) is 18.0 Å². The molecule has 0 unspecified atom stereocenters. The molecular formula is C16H13ClF3NO2. The van der Waals surface area contributed by atoms with Crippen molar-refractivity contribution in [1.82, 2.24) is 0 Å². The molecule has 1 N–H and O–H groups in total. The summed E-state index contributed by atoms with van der Waals surface area (Å²) in [6.07, 6.45) is -5.28. The van der Waals surface area contributed by atoms with Gasteiger partial charge in [0.15, 0.2) is 6.10 Å². The zero-order valence-corrected chi connectivity index (χ0v) is 12.8. The number of ether oxygens (including phenoxy) is 1. The van der Waals surface area contributed by atoms with Gasteiger partial charge in [-0.1, -0.05) is 23.7 Å². The maximum absolute atomic E-state index is 12.5. The molecule has 2 aromatic carbocycles. The van der Waals surface area contributed by atoms with Gasteiger partial charge in [0.1, 0.15) is 5.75 Å². The van der Waals surface area contributed by atoms with Gasteiger partial charge in [0, 0.05) is 5.69 Å². The second-order valence-electron chi connectivity index (χ2n) is 4.75. The highest BCUT2D eigenvalue weighted by atomic mass is 35.5. The number of anilines is 1. The van der Waals surface area contributed by atoms with Crippen molar-refractivity contribution in [2.75, 3.05) is 5.32 Å². The molecule has 2 aromatic rings. The van der Waals surface area contributed by atoms with Crippen LogP contribution in [0.25, 0.3) is 0 Å². The minimum absolute atomic E-state index is 0.248. The van der Waals surface area contributed by atoms with Crippen molar-refractivity contribution in [2.45, 2.75) is 19.2 Å². The maximum atomic E-state index is 12.5. The molecule has 7 heteroatoms. The van der Waals surface area contributed by atoms with Gasteiger partial charge in [-0.05, 0) is 43.3 Å². The third-order valence-corrected chi connectivity index (χ3v) is 3.30. The molecule has 3 nitrogen and oxygen atoms in total. The lowest BCUT2D eigenvalue weighted by atomic mass is 10.2. The van der Waals surface area contributed by atoms with E-state index in [0.717, 1.165) is 12.1 Å². The molecule has 0 spiro atoms. The summed E-state index contributed by atoms with van der Waals surface area (Å²) in [5.74, 6) is -0.145. The monoisotopic (exact) mass is 343 g/mol. The minimum atomic E-state index is -4.41. The summed E-state index contributed by atoms with van der Waals surface area (Å²) < 4.78 is 42.8. The molecule has 0 aliphatic heterocycles. The molecule has 1 atom stereocenters. The van der Waals surface area contributed by atoms with Gasteiger partial charge in [0.2, 0.25) is 0 Å². The van der Waals surface area contributed by atoms with E-state index >= 15 is 0 Å². The van der Waals surface area contributed by atoms with Crippen molar-refractivity contribution < 1.29 is 22.7 Å². The lowest BCUT2D eigenvalue weighted by Crippen LogP contribution is -2.30. The second-order valence-corrected chi connectivity index (χ2v) is 5.16. The molecule has 0 fully saturated rings. The molecule has 2 rings (SSSR count). The Kier molecular flexibility index (Phi) is 5.15. The number of alkyl halides is 3. The highest BCUT2D eigenvalue weighted by Crippen LogP contribution is 2.30. The van der Waals surface area contributed by atoms with Crippen molar-refractivity contribution in [1.29, 1.82) is 0 Å². The number of benzene rings is 2. The van der Waals surface area contributed by atoms with Gasteiger partial charge in [-0.15, -0.1) is 0 Å². The predicted octanol–water partition coefficient (Wildman–Crippen LogP) is 4.76. The quantitative estimate of drug-likeness (QED) is 0.868. The largest absolute Gasteiger partial charge is 0.479 e. The van der Waals surface area contributed by atoms with E-state index in [4.69, 9.17) is 16.3 Å². The molecule has 0 aliphatic carbocycles. The Labute approximate surface area is 136 Å². The first kappa shape index (κ1) is 17.1. The Balaban J connectivity index is 2.00.